The van der Waals surface area contributed by atoms with Gasteiger partial charge in [-0.15, -0.1) is 11.6 Å². The van der Waals surface area contributed by atoms with Gasteiger partial charge in [-0.25, -0.2) is 0 Å². The van der Waals surface area contributed by atoms with Crippen molar-refractivity contribution in [3.8, 4) is 23.0 Å². The van der Waals surface area contributed by atoms with Crippen LogP contribution in [-0.2, 0) is 6.42 Å². The zero-order valence-corrected chi connectivity index (χ0v) is 14.4. The molecule has 3 rings (SSSR count). The molecular weight excluding hydrogens is 316 g/mol. The minimum atomic E-state index is -0.270. The smallest absolute Gasteiger partial charge is 0.161 e. The van der Waals surface area contributed by atoms with Gasteiger partial charge in [0.05, 0.1) is 33.8 Å². The highest BCUT2D eigenvalue weighted by Gasteiger charge is 2.27. The second-order valence-corrected chi connectivity index (χ2v) is 5.79. The Morgan fingerprint density at radius 3 is 1.39 bits per heavy atom. The van der Waals surface area contributed by atoms with Gasteiger partial charge in [0.2, 0.25) is 0 Å². The van der Waals surface area contributed by atoms with Gasteiger partial charge in [0, 0.05) is 0 Å². The van der Waals surface area contributed by atoms with Gasteiger partial charge >= 0.3 is 0 Å². The van der Waals surface area contributed by atoms with E-state index in [1.807, 2.05) is 24.3 Å². The average Bonchev–Trinajstić information content (AvgIpc) is 2.59. The van der Waals surface area contributed by atoms with Crippen LogP contribution in [0.2, 0.25) is 0 Å². The maximum atomic E-state index is 6.73. The minimum Gasteiger partial charge on any atom is -0.493 e. The molecule has 23 heavy (non-hydrogen) atoms. The Hall–Kier alpha value is -2.07. The molecule has 0 N–H and O–H groups in total. The lowest BCUT2D eigenvalue weighted by atomic mass is 9.85. The van der Waals surface area contributed by atoms with E-state index in [4.69, 9.17) is 30.5 Å². The van der Waals surface area contributed by atoms with Gasteiger partial charge in [-0.1, -0.05) is 0 Å². The zero-order valence-electron chi connectivity index (χ0n) is 13.6. The second kappa shape index (κ2) is 6.20. The Morgan fingerprint density at radius 2 is 1.04 bits per heavy atom. The summed E-state index contributed by atoms with van der Waals surface area (Å²) < 4.78 is 21.6. The normalized spacial score (nSPS) is 13.1. The lowest BCUT2D eigenvalue weighted by Gasteiger charge is -2.26. The number of rotatable bonds is 4. The van der Waals surface area contributed by atoms with Crippen LogP contribution >= 0.6 is 11.6 Å². The van der Waals surface area contributed by atoms with E-state index in [0.29, 0.717) is 23.0 Å². The first kappa shape index (κ1) is 15.8. The molecule has 0 spiro atoms. The number of hydrogen-bond acceptors (Lipinski definition) is 4. The SMILES string of the molecule is COc1cc2c(cc1OC)C(Cl)c1cc(OC)c(OC)cc1C2. The number of halogens is 1. The molecule has 5 heteroatoms. The molecule has 0 unspecified atom stereocenters. The van der Waals surface area contributed by atoms with Crippen molar-refractivity contribution in [2.75, 3.05) is 28.4 Å². The summed E-state index contributed by atoms with van der Waals surface area (Å²) in [6.45, 7) is 0. The van der Waals surface area contributed by atoms with Gasteiger partial charge in [-0.2, -0.15) is 0 Å². The van der Waals surface area contributed by atoms with Gasteiger partial charge in [-0.3, -0.25) is 0 Å². The summed E-state index contributed by atoms with van der Waals surface area (Å²) in [4.78, 5) is 0. The molecule has 122 valence electrons. The van der Waals surface area contributed by atoms with Crippen LogP contribution in [0.5, 0.6) is 23.0 Å². The van der Waals surface area contributed by atoms with Crippen molar-refractivity contribution in [1.82, 2.24) is 0 Å². The lowest BCUT2D eigenvalue weighted by molar-refractivity contribution is 0.353. The number of methoxy groups -OCH3 is 4. The van der Waals surface area contributed by atoms with E-state index in [0.717, 1.165) is 28.7 Å². The fraction of sp³-hybridized carbons (Fsp3) is 0.333. The van der Waals surface area contributed by atoms with E-state index in [9.17, 15) is 0 Å². The third-order valence-electron chi connectivity index (χ3n) is 4.22. The molecule has 1 aliphatic carbocycles. The molecule has 0 saturated heterocycles. The Kier molecular flexibility index (Phi) is 4.26. The number of fused-ring (bicyclic) bond motifs is 2. The van der Waals surface area contributed by atoms with Crippen molar-refractivity contribution in [1.29, 1.82) is 0 Å². The zero-order chi connectivity index (χ0) is 16.6. The number of hydrogen-bond donors (Lipinski definition) is 0. The van der Waals surface area contributed by atoms with Crippen LogP contribution in [0.15, 0.2) is 24.3 Å². The van der Waals surface area contributed by atoms with E-state index in [1.54, 1.807) is 28.4 Å². The first-order chi connectivity index (χ1) is 11.1. The van der Waals surface area contributed by atoms with Gasteiger partial charge in [0.1, 0.15) is 0 Å². The first-order valence-electron chi connectivity index (χ1n) is 7.26. The van der Waals surface area contributed by atoms with E-state index >= 15 is 0 Å². The van der Waals surface area contributed by atoms with Gasteiger partial charge in [0.15, 0.2) is 23.0 Å². The average molecular weight is 335 g/mol. The topological polar surface area (TPSA) is 36.9 Å². The fourth-order valence-electron chi connectivity index (χ4n) is 3.02. The highest BCUT2D eigenvalue weighted by Crippen LogP contribution is 2.46. The van der Waals surface area contributed by atoms with Gasteiger partial charge in [-0.05, 0) is 52.9 Å². The predicted octanol–water partition coefficient (Wildman–Crippen LogP) is 3.95. The molecule has 0 heterocycles. The third kappa shape index (κ3) is 2.57. The summed E-state index contributed by atoms with van der Waals surface area (Å²) in [5.41, 5.74) is 4.32. The molecule has 2 aromatic carbocycles. The van der Waals surface area contributed by atoms with Gasteiger partial charge in [0.25, 0.3) is 0 Å². The molecule has 4 nitrogen and oxygen atoms in total. The Morgan fingerprint density at radius 1 is 0.696 bits per heavy atom. The molecule has 0 atom stereocenters. The van der Waals surface area contributed by atoms with Crippen molar-refractivity contribution in [3.05, 3.63) is 46.5 Å². The minimum absolute atomic E-state index is 0.270. The third-order valence-corrected chi connectivity index (χ3v) is 4.69. The fourth-order valence-corrected chi connectivity index (χ4v) is 3.43. The number of benzene rings is 2. The predicted molar refractivity (Wildman–Crippen MR) is 89.6 cm³/mol. The van der Waals surface area contributed by atoms with Crippen molar-refractivity contribution in [3.63, 3.8) is 0 Å². The number of alkyl halides is 1. The van der Waals surface area contributed by atoms with Crippen LogP contribution in [0, 0.1) is 0 Å². The van der Waals surface area contributed by atoms with Crippen molar-refractivity contribution < 1.29 is 18.9 Å². The van der Waals surface area contributed by atoms with E-state index in [1.165, 1.54) is 0 Å². The molecule has 0 radical (unpaired) electrons. The molecule has 0 amide bonds. The quantitative estimate of drug-likeness (QED) is 0.793. The molecule has 0 fully saturated rings. The summed E-state index contributed by atoms with van der Waals surface area (Å²) in [5, 5.41) is -0.270. The molecule has 1 aliphatic rings. The van der Waals surface area contributed by atoms with Gasteiger partial charge < -0.3 is 18.9 Å². The monoisotopic (exact) mass is 334 g/mol. The molecular formula is C18H19ClO4. The molecule has 2 aromatic rings. The second-order valence-electron chi connectivity index (χ2n) is 5.35. The Labute approximate surface area is 140 Å². The summed E-state index contributed by atoms with van der Waals surface area (Å²) >= 11 is 6.73. The van der Waals surface area contributed by atoms with Crippen LogP contribution in [0.1, 0.15) is 27.6 Å². The summed E-state index contributed by atoms with van der Waals surface area (Å²) in [6, 6.07) is 7.88. The maximum Gasteiger partial charge on any atom is 0.161 e. The highest BCUT2D eigenvalue weighted by atomic mass is 35.5. The number of ether oxygens (including phenoxy) is 4. The Balaban J connectivity index is 2.13. The molecule has 0 saturated carbocycles. The highest BCUT2D eigenvalue weighted by molar-refractivity contribution is 6.23. The van der Waals surface area contributed by atoms with Crippen molar-refractivity contribution in [2.24, 2.45) is 0 Å². The van der Waals surface area contributed by atoms with Crippen LogP contribution in [0.4, 0.5) is 0 Å². The summed E-state index contributed by atoms with van der Waals surface area (Å²) in [5.74, 6) is 2.78. The van der Waals surface area contributed by atoms with Crippen LogP contribution < -0.4 is 18.9 Å². The van der Waals surface area contributed by atoms with Crippen molar-refractivity contribution >= 4 is 11.6 Å². The standard InChI is InChI=1S/C18H19ClO4/c1-20-14-6-10-5-11-7-15(21-2)17(23-4)9-13(11)18(19)12(10)8-16(14)22-3/h6-9,18H,5H2,1-4H3. The lowest BCUT2D eigenvalue weighted by Crippen LogP contribution is -2.11. The molecule has 0 bridgehead atoms. The summed E-state index contributed by atoms with van der Waals surface area (Å²) in [7, 11) is 6.51. The van der Waals surface area contributed by atoms with E-state index in [2.05, 4.69) is 0 Å². The van der Waals surface area contributed by atoms with Crippen LogP contribution in [0.25, 0.3) is 0 Å². The first-order valence-corrected chi connectivity index (χ1v) is 7.70. The largest absolute Gasteiger partial charge is 0.493 e. The Bertz CT molecular complexity index is 681. The molecule has 0 aliphatic heterocycles. The van der Waals surface area contributed by atoms with Crippen molar-refractivity contribution in [2.45, 2.75) is 11.8 Å². The van der Waals surface area contributed by atoms with E-state index in [-0.39, 0.29) is 5.38 Å². The maximum absolute atomic E-state index is 6.73. The van der Waals surface area contributed by atoms with E-state index < -0.39 is 0 Å². The molecule has 0 aromatic heterocycles. The van der Waals surface area contributed by atoms with Crippen LogP contribution in [0.3, 0.4) is 0 Å². The summed E-state index contributed by atoms with van der Waals surface area (Å²) in [6.07, 6.45) is 0.759. The van der Waals surface area contributed by atoms with Crippen LogP contribution in [-0.4, -0.2) is 28.4 Å².